The van der Waals surface area contributed by atoms with Gasteiger partial charge in [0.15, 0.2) is 0 Å². The van der Waals surface area contributed by atoms with Crippen LogP contribution in [-0.4, -0.2) is 11.0 Å². The third-order valence-corrected chi connectivity index (χ3v) is 1.84. The Bertz CT molecular complexity index is 297. The highest BCUT2D eigenvalue weighted by Gasteiger charge is 1.97. The van der Waals surface area contributed by atoms with Crippen molar-refractivity contribution in [2.45, 2.75) is 26.2 Å². The van der Waals surface area contributed by atoms with Crippen molar-refractivity contribution in [3.8, 4) is 0 Å². The summed E-state index contributed by atoms with van der Waals surface area (Å²) >= 11 is 0. The average Bonchev–Trinajstić information content (AvgIpc) is 2.15. The molecule has 1 aromatic heterocycles. The number of pyridine rings is 1. The second-order valence-electron chi connectivity index (χ2n) is 2.93. The molecule has 0 aliphatic carbocycles. The summed E-state index contributed by atoms with van der Waals surface area (Å²) in [6.45, 7) is 2.09. The Morgan fingerprint density at radius 3 is 3.00 bits per heavy atom. The average molecular weight is 178 g/mol. The number of unbranched alkanes of at least 4 members (excludes halogenated alkanes) is 1. The summed E-state index contributed by atoms with van der Waals surface area (Å²) < 4.78 is 0. The van der Waals surface area contributed by atoms with Crippen LogP contribution in [0.25, 0.3) is 0 Å². The van der Waals surface area contributed by atoms with Crippen LogP contribution >= 0.6 is 0 Å². The molecule has 3 nitrogen and oxygen atoms in total. The van der Waals surface area contributed by atoms with Gasteiger partial charge in [-0.25, -0.2) is 0 Å². The lowest BCUT2D eigenvalue weighted by atomic mass is 10.1. The van der Waals surface area contributed by atoms with Crippen molar-refractivity contribution < 1.29 is 9.90 Å². The third-order valence-electron chi connectivity index (χ3n) is 1.84. The number of nitrogens with zero attached hydrogens (tertiary/aromatic N) is 1. The molecule has 0 fully saturated rings. The minimum Gasteiger partial charge on any atom is -0.545 e. The number of aryl methyl sites for hydroxylation is 1. The second kappa shape index (κ2) is 4.60. The van der Waals surface area contributed by atoms with E-state index in [1.165, 1.54) is 12.3 Å². The van der Waals surface area contributed by atoms with Gasteiger partial charge in [0.25, 0.3) is 0 Å². The van der Waals surface area contributed by atoms with Gasteiger partial charge in [-0.1, -0.05) is 13.3 Å². The standard InChI is InChI=1S/C10H13NO2/c1-2-3-4-9-7-8(10(12)13)5-6-11-9/h5-7H,2-4H2,1H3,(H,12,13)/p-1. The first kappa shape index (κ1) is 9.71. The first-order valence-electron chi connectivity index (χ1n) is 4.40. The molecule has 0 unspecified atom stereocenters. The largest absolute Gasteiger partial charge is 0.545 e. The Morgan fingerprint density at radius 2 is 2.38 bits per heavy atom. The number of hydrogen-bond acceptors (Lipinski definition) is 3. The Balaban J connectivity index is 2.73. The zero-order valence-corrected chi connectivity index (χ0v) is 7.62. The third kappa shape index (κ3) is 2.86. The molecule has 3 heteroatoms. The quantitative estimate of drug-likeness (QED) is 0.684. The molecular formula is C10H12NO2-. The fraction of sp³-hybridized carbons (Fsp3) is 0.400. The van der Waals surface area contributed by atoms with Gasteiger partial charge in [0.1, 0.15) is 0 Å². The van der Waals surface area contributed by atoms with Gasteiger partial charge in [-0.15, -0.1) is 0 Å². The van der Waals surface area contributed by atoms with Crippen LogP contribution in [0, 0.1) is 0 Å². The topological polar surface area (TPSA) is 53.0 Å². The summed E-state index contributed by atoms with van der Waals surface area (Å²) in [4.78, 5) is 14.6. The van der Waals surface area contributed by atoms with Crippen molar-refractivity contribution in [3.05, 3.63) is 29.6 Å². The van der Waals surface area contributed by atoms with Crippen molar-refractivity contribution in [2.24, 2.45) is 0 Å². The van der Waals surface area contributed by atoms with Crippen LogP contribution in [0.2, 0.25) is 0 Å². The molecule has 0 radical (unpaired) electrons. The molecule has 0 spiro atoms. The van der Waals surface area contributed by atoms with Gasteiger partial charge in [0.2, 0.25) is 0 Å². The fourth-order valence-electron chi connectivity index (χ4n) is 1.10. The van der Waals surface area contributed by atoms with Crippen LogP contribution < -0.4 is 5.11 Å². The van der Waals surface area contributed by atoms with E-state index in [0.717, 1.165) is 25.0 Å². The number of aromatic nitrogens is 1. The molecule has 0 amide bonds. The molecule has 1 aromatic rings. The number of aromatic carboxylic acids is 1. The van der Waals surface area contributed by atoms with Crippen LogP contribution in [0.4, 0.5) is 0 Å². The SMILES string of the molecule is CCCCc1cc(C(=O)[O-])ccn1. The van der Waals surface area contributed by atoms with E-state index in [0.29, 0.717) is 0 Å². The molecule has 0 saturated heterocycles. The van der Waals surface area contributed by atoms with Crippen molar-refractivity contribution >= 4 is 5.97 Å². The minimum atomic E-state index is -1.14. The second-order valence-corrected chi connectivity index (χ2v) is 2.93. The first-order chi connectivity index (χ1) is 6.24. The minimum absolute atomic E-state index is 0.209. The van der Waals surface area contributed by atoms with Gasteiger partial charge in [0, 0.05) is 17.5 Å². The van der Waals surface area contributed by atoms with E-state index >= 15 is 0 Å². The first-order valence-corrected chi connectivity index (χ1v) is 4.40. The maximum absolute atomic E-state index is 10.5. The molecule has 13 heavy (non-hydrogen) atoms. The van der Waals surface area contributed by atoms with Gasteiger partial charge >= 0.3 is 0 Å². The highest BCUT2D eigenvalue weighted by atomic mass is 16.4. The highest BCUT2D eigenvalue weighted by molar-refractivity contribution is 5.85. The zero-order chi connectivity index (χ0) is 9.68. The Kier molecular flexibility index (Phi) is 3.43. The number of carbonyl (C=O) groups is 1. The molecule has 0 aliphatic rings. The predicted molar refractivity (Wildman–Crippen MR) is 47.2 cm³/mol. The number of carbonyl (C=O) groups excluding carboxylic acids is 1. The molecule has 0 aromatic carbocycles. The summed E-state index contributed by atoms with van der Waals surface area (Å²) in [6.07, 6.45) is 4.45. The number of hydrogen-bond donors (Lipinski definition) is 0. The van der Waals surface area contributed by atoms with E-state index in [9.17, 15) is 9.90 Å². The lowest BCUT2D eigenvalue weighted by Crippen LogP contribution is -2.22. The fourth-order valence-corrected chi connectivity index (χ4v) is 1.10. The number of rotatable bonds is 4. The van der Waals surface area contributed by atoms with E-state index in [-0.39, 0.29) is 5.56 Å². The van der Waals surface area contributed by atoms with E-state index in [1.807, 2.05) is 0 Å². The van der Waals surface area contributed by atoms with Gasteiger partial charge in [0.05, 0.1) is 5.97 Å². The van der Waals surface area contributed by atoms with Crippen LogP contribution in [0.1, 0.15) is 35.8 Å². The molecular weight excluding hydrogens is 166 g/mol. The Hall–Kier alpha value is -1.38. The molecule has 0 bridgehead atoms. The molecule has 0 aliphatic heterocycles. The zero-order valence-electron chi connectivity index (χ0n) is 7.62. The monoisotopic (exact) mass is 178 g/mol. The highest BCUT2D eigenvalue weighted by Crippen LogP contribution is 2.04. The summed E-state index contributed by atoms with van der Waals surface area (Å²) in [5.41, 5.74) is 1.03. The van der Waals surface area contributed by atoms with E-state index < -0.39 is 5.97 Å². The van der Waals surface area contributed by atoms with Crippen LogP contribution in [0.5, 0.6) is 0 Å². The van der Waals surface area contributed by atoms with E-state index in [4.69, 9.17) is 0 Å². The Morgan fingerprint density at radius 1 is 1.62 bits per heavy atom. The molecule has 1 heterocycles. The van der Waals surface area contributed by atoms with Crippen molar-refractivity contribution in [2.75, 3.05) is 0 Å². The van der Waals surface area contributed by atoms with E-state index in [2.05, 4.69) is 11.9 Å². The summed E-state index contributed by atoms with van der Waals surface area (Å²) in [7, 11) is 0. The normalized spacial score (nSPS) is 9.92. The molecule has 0 N–H and O–H groups in total. The van der Waals surface area contributed by atoms with Crippen LogP contribution in [0.3, 0.4) is 0 Å². The summed E-state index contributed by atoms with van der Waals surface area (Å²) in [5.74, 6) is -1.14. The molecule has 70 valence electrons. The Labute approximate surface area is 77.4 Å². The number of carboxylic acid groups (broad SMARTS) is 1. The lowest BCUT2D eigenvalue weighted by Gasteiger charge is -2.04. The summed E-state index contributed by atoms with van der Waals surface area (Å²) in [5, 5.41) is 10.5. The smallest absolute Gasteiger partial charge is 0.0716 e. The molecule has 0 saturated carbocycles. The number of carboxylic acids is 1. The molecule has 0 atom stereocenters. The molecule has 1 rings (SSSR count). The predicted octanol–water partition coefficient (Wildman–Crippen LogP) is 0.788. The van der Waals surface area contributed by atoms with Crippen LogP contribution in [0.15, 0.2) is 18.3 Å². The van der Waals surface area contributed by atoms with Crippen molar-refractivity contribution in [3.63, 3.8) is 0 Å². The summed E-state index contributed by atoms with van der Waals surface area (Å²) in [6, 6.07) is 3.02. The van der Waals surface area contributed by atoms with Crippen molar-refractivity contribution in [1.82, 2.24) is 4.98 Å². The van der Waals surface area contributed by atoms with Gasteiger partial charge in [-0.2, -0.15) is 0 Å². The van der Waals surface area contributed by atoms with Crippen LogP contribution in [-0.2, 0) is 6.42 Å². The van der Waals surface area contributed by atoms with E-state index in [1.54, 1.807) is 6.07 Å². The van der Waals surface area contributed by atoms with Gasteiger partial charge in [-0.05, 0) is 25.0 Å². The maximum Gasteiger partial charge on any atom is 0.0716 e. The van der Waals surface area contributed by atoms with Gasteiger partial charge in [-0.3, -0.25) is 4.98 Å². The maximum atomic E-state index is 10.5. The lowest BCUT2D eigenvalue weighted by molar-refractivity contribution is -0.255. The van der Waals surface area contributed by atoms with Gasteiger partial charge < -0.3 is 9.90 Å². The van der Waals surface area contributed by atoms with Crippen molar-refractivity contribution in [1.29, 1.82) is 0 Å².